The lowest BCUT2D eigenvalue weighted by Crippen LogP contribution is -2.09. The first kappa shape index (κ1) is 13.5. The molecule has 0 fully saturated rings. The molecule has 0 bridgehead atoms. The van der Waals surface area contributed by atoms with Crippen molar-refractivity contribution < 1.29 is 9.53 Å². The third-order valence-corrected chi connectivity index (χ3v) is 3.10. The molecule has 2 aromatic carbocycles. The Morgan fingerprint density at radius 2 is 1.53 bits per heavy atom. The average Bonchev–Trinajstić information content (AvgIpc) is 2.37. The van der Waals surface area contributed by atoms with E-state index in [0.717, 1.165) is 0 Å². The minimum Gasteiger partial charge on any atom is -0.423 e. The first-order chi connectivity index (χ1) is 8.97. The molecular weight excluding hydrogens is 287 g/mol. The van der Waals surface area contributed by atoms with Crippen molar-refractivity contribution in [2.24, 2.45) is 0 Å². The van der Waals surface area contributed by atoms with Crippen LogP contribution < -0.4 is 16.2 Å². The van der Waals surface area contributed by atoms with Gasteiger partial charge in [0.2, 0.25) is 0 Å². The van der Waals surface area contributed by atoms with Crippen molar-refractivity contribution in [2.75, 3.05) is 11.5 Å². The summed E-state index contributed by atoms with van der Waals surface area (Å²) in [5.74, 6) is -0.245. The average molecular weight is 297 g/mol. The third kappa shape index (κ3) is 3.10. The van der Waals surface area contributed by atoms with Crippen molar-refractivity contribution >= 4 is 40.5 Å². The number of nitrogen functional groups attached to an aromatic ring is 2. The maximum Gasteiger partial charge on any atom is 0.343 e. The first-order valence-electron chi connectivity index (χ1n) is 5.29. The fourth-order valence-corrected chi connectivity index (χ4v) is 1.66. The van der Waals surface area contributed by atoms with Gasteiger partial charge in [-0.25, -0.2) is 4.79 Å². The van der Waals surface area contributed by atoms with Gasteiger partial charge >= 0.3 is 5.97 Å². The van der Waals surface area contributed by atoms with E-state index in [1.807, 2.05) is 0 Å². The molecule has 0 heterocycles. The lowest BCUT2D eigenvalue weighted by atomic mass is 10.2. The molecule has 4 nitrogen and oxygen atoms in total. The summed E-state index contributed by atoms with van der Waals surface area (Å²) in [4.78, 5) is 11.9. The number of halogens is 2. The van der Waals surface area contributed by atoms with Gasteiger partial charge < -0.3 is 16.2 Å². The molecule has 0 saturated heterocycles. The van der Waals surface area contributed by atoms with Crippen LogP contribution in [-0.4, -0.2) is 5.97 Å². The summed E-state index contributed by atoms with van der Waals surface area (Å²) in [5, 5.41) is 0.780. The maximum atomic E-state index is 11.9. The summed E-state index contributed by atoms with van der Waals surface area (Å²) in [7, 11) is 0. The summed E-state index contributed by atoms with van der Waals surface area (Å²) in [6.45, 7) is 0. The normalized spacial score (nSPS) is 10.2. The highest BCUT2D eigenvalue weighted by Crippen LogP contribution is 2.25. The van der Waals surface area contributed by atoms with Crippen LogP contribution in [0.4, 0.5) is 11.4 Å². The van der Waals surface area contributed by atoms with Crippen molar-refractivity contribution in [1.82, 2.24) is 0 Å². The van der Waals surface area contributed by atoms with E-state index in [-0.39, 0.29) is 0 Å². The van der Waals surface area contributed by atoms with Crippen molar-refractivity contribution in [3.8, 4) is 5.75 Å². The molecule has 0 radical (unpaired) electrons. The van der Waals surface area contributed by atoms with Gasteiger partial charge in [0.1, 0.15) is 5.75 Å². The molecule has 0 saturated carbocycles. The lowest BCUT2D eigenvalue weighted by molar-refractivity contribution is 0.0735. The van der Waals surface area contributed by atoms with Crippen molar-refractivity contribution in [3.63, 3.8) is 0 Å². The predicted octanol–water partition coefficient (Wildman–Crippen LogP) is 3.38. The highest BCUT2D eigenvalue weighted by atomic mass is 35.5. The summed E-state index contributed by atoms with van der Waals surface area (Å²) in [5.41, 5.74) is 12.2. The molecular formula is C13H10Cl2N2O2. The number of carbonyl (C=O) groups is 1. The Labute approximate surface area is 119 Å². The van der Waals surface area contributed by atoms with E-state index in [1.54, 1.807) is 12.1 Å². The Balaban J connectivity index is 2.20. The Hall–Kier alpha value is -1.91. The van der Waals surface area contributed by atoms with Crippen molar-refractivity contribution in [1.29, 1.82) is 0 Å². The number of ether oxygens (including phenoxy) is 1. The van der Waals surface area contributed by atoms with Gasteiger partial charge in [0.15, 0.2) is 0 Å². The van der Waals surface area contributed by atoms with Gasteiger partial charge in [-0.15, -0.1) is 0 Å². The lowest BCUT2D eigenvalue weighted by Gasteiger charge is -2.07. The number of hydrogen-bond acceptors (Lipinski definition) is 4. The molecule has 19 heavy (non-hydrogen) atoms. The highest BCUT2D eigenvalue weighted by molar-refractivity contribution is 6.33. The van der Waals surface area contributed by atoms with Crippen molar-refractivity contribution in [2.45, 2.75) is 0 Å². The molecule has 6 heteroatoms. The van der Waals surface area contributed by atoms with E-state index in [0.29, 0.717) is 32.7 Å². The third-order valence-electron chi connectivity index (χ3n) is 2.41. The van der Waals surface area contributed by atoms with Crippen LogP contribution in [0.3, 0.4) is 0 Å². The Morgan fingerprint density at radius 3 is 2.11 bits per heavy atom. The fraction of sp³-hybridized carbons (Fsp3) is 0. The maximum absolute atomic E-state index is 11.9. The van der Waals surface area contributed by atoms with Crippen LogP contribution in [0, 0.1) is 0 Å². The molecule has 0 spiro atoms. The first-order valence-corrected chi connectivity index (χ1v) is 6.05. The summed E-state index contributed by atoms with van der Waals surface area (Å²) < 4.78 is 5.15. The largest absolute Gasteiger partial charge is 0.423 e. The van der Waals surface area contributed by atoms with Crippen LogP contribution in [0.1, 0.15) is 10.4 Å². The topological polar surface area (TPSA) is 78.3 Å². The number of hydrogen-bond donors (Lipinski definition) is 2. The molecule has 98 valence electrons. The standard InChI is InChI=1S/C13H10Cl2N2O2/c14-9-3-1-7(5-11(9)16)13(18)19-8-2-4-10(15)12(17)6-8/h1-6H,16-17H2. The zero-order chi connectivity index (χ0) is 14.0. The van der Waals surface area contributed by atoms with Crippen LogP contribution >= 0.6 is 23.2 Å². The second-order valence-electron chi connectivity index (χ2n) is 3.81. The minimum absolute atomic E-state index is 0.301. The van der Waals surface area contributed by atoms with Gasteiger partial charge in [0.25, 0.3) is 0 Å². The zero-order valence-electron chi connectivity index (χ0n) is 9.69. The molecule has 0 amide bonds. The number of esters is 1. The smallest absolute Gasteiger partial charge is 0.343 e. The predicted molar refractivity (Wildman–Crippen MR) is 76.7 cm³/mol. The second-order valence-corrected chi connectivity index (χ2v) is 4.62. The Bertz CT molecular complexity index is 645. The number of benzene rings is 2. The zero-order valence-corrected chi connectivity index (χ0v) is 11.2. The Morgan fingerprint density at radius 1 is 0.947 bits per heavy atom. The summed E-state index contributed by atoms with van der Waals surface area (Å²) in [6.07, 6.45) is 0. The molecule has 0 aliphatic carbocycles. The van der Waals surface area contributed by atoms with Gasteiger partial charge in [0, 0.05) is 6.07 Å². The Kier molecular flexibility index (Phi) is 3.83. The number of anilines is 2. The molecule has 2 aromatic rings. The van der Waals surface area contributed by atoms with E-state index in [1.165, 1.54) is 24.3 Å². The summed E-state index contributed by atoms with van der Waals surface area (Å²) >= 11 is 11.6. The van der Waals surface area contributed by atoms with Crippen LogP contribution in [0.5, 0.6) is 5.75 Å². The molecule has 0 unspecified atom stereocenters. The van der Waals surface area contributed by atoms with E-state index < -0.39 is 5.97 Å². The summed E-state index contributed by atoms with van der Waals surface area (Å²) in [6, 6.07) is 9.08. The number of nitrogens with two attached hydrogens (primary N) is 2. The number of rotatable bonds is 2. The molecule has 0 aromatic heterocycles. The molecule has 0 aliphatic rings. The van der Waals surface area contributed by atoms with Gasteiger partial charge in [0.05, 0.1) is 27.0 Å². The van der Waals surface area contributed by atoms with E-state index >= 15 is 0 Å². The molecule has 2 rings (SSSR count). The van der Waals surface area contributed by atoms with E-state index in [9.17, 15) is 4.79 Å². The van der Waals surface area contributed by atoms with Gasteiger partial charge in [-0.05, 0) is 30.3 Å². The minimum atomic E-state index is -0.551. The van der Waals surface area contributed by atoms with Crippen LogP contribution in [0.15, 0.2) is 36.4 Å². The van der Waals surface area contributed by atoms with E-state index in [4.69, 9.17) is 39.4 Å². The van der Waals surface area contributed by atoms with Crippen LogP contribution in [0.2, 0.25) is 10.0 Å². The monoisotopic (exact) mass is 296 g/mol. The van der Waals surface area contributed by atoms with Gasteiger partial charge in [-0.2, -0.15) is 0 Å². The molecule has 0 aliphatic heterocycles. The van der Waals surface area contributed by atoms with Crippen molar-refractivity contribution in [3.05, 3.63) is 52.0 Å². The highest BCUT2D eigenvalue weighted by Gasteiger charge is 2.11. The number of carbonyl (C=O) groups excluding carboxylic acids is 1. The van der Waals surface area contributed by atoms with Gasteiger partial charge in [-0.1, -0.05) is 23.2 Å². The van der Waals surface area contributed by atoms with E-state index in [2.05, 4.69) is 0 Å². The SMILES string of the molecule is Nc1cc(OC(=O)c2ccc(Cl)c(N)c2)ccc1Cl. The quantitative estimate of drug-likeness (QED) is 0.506. The second kappa shape index (κ2) is 5.38. The van der Waals surface area contributed by atoms with Crippen LogP contribution in [-0.2, 0) is 0 Å². The van der Waals surface area contributed by atoms with Gasteiger partial charge in [-0.3, -0.25) is 0 Å². The fourth-order valence-electron chi connectivity index (χ4n) is 1.42. The van der Waals surface area contributed by atoms with Crippen LogP contribution in [0.25, 0.3) is 0 Å². The molecule has 0 atom stereocenters. The molecule has 4 N–H and O–H groups in total.